The van der Waals surface area contributed by atoms with Crippen LogP contribution in [-0.2, 0) is 19.8 Å². The fourth-order valence-electron chi connectivity index (χ4n) is 6.00. The van der Waals surface area contributed by atoms with E-state index in [0.717, 1.165) is 16.7 Å². The highest BCUT2D eigenvalue weighted by atomic mass is 16.7. The zero-order chi connectivity index (χ0) is 29.5. The third kappa shape index (κ3) is 4.44. The van der Waals surface area contributed by atoms with E-state index in [-0.39, 0.29) is 6.61 Å². The fraction of sp³-hybridized carbons (Fsp3) is 0.312. The molecule has 0 spiro atoms. The summed E-state index contributed by atoms with van der Waals surface area (Å²) in [6.45, 7) is 1.88. The van der Waals surface area contributed by atoms with Gasteiger partial charge in [0.15, 0.2) is 6.23 Å². The van der Waals surface area contributed by atoms with Crippen molar-refractivity contribution in [2.75, 3.05) is 20.8 Å². The lowest BCUT2D eigenvalue weighted by Crippen LogP contribution is -2.54. The first-order valence-electron chi connectivity index (χ1n) is 13.6. The quantitative estimate of drug-likeness (QED) is 0.294. The van der Waals surface area contributed by atoms with E-state index in [0.29, 0.717) is 11.5 Å². The summed E-state index contributed by atoms with van der Waals surface area (Å²) in [5.74, 6) is 1.38. The number of aliphatic hydroxyl groups is 1. The molecule has 0 aliphatic carbocycles. The molecule has 218 valence electrons. The van der Waals surface area contributed by atoms with Crippen molar-refractivity contribution in [3.8, 4) is 11.5 Å². The van der Waals surface area contributed by atoms with Crippen LogP contribution in [0.15, 0.2) is 101 Å². The van der Waals surface area contributed by atoms with E-state index in [1.54, 1.807) is 14.2 Å². The topological polar surface area (TPSA) is 121 Å². The molecular formula is C32H32N2O8. The Morgan fingerprint density at radius 2 is 1.48 bits per heavy atom. The molecule has 10 nitrogen and oxygen atoms in total. The first kappa shape index (κ1) is 27.9. The normalized spacial score (nSPS) is 24.0. The molecule has 0 radical (unpaired) electrons. The number of methoxy groups -OCH3 is 2. The average Bonchev–Trinajstić information content (AvgIpc) is 3.50. The van der Waals surface area contributed by atoms with E-state index >= 15 is 0 Å². The number of rotatable bonds is 9. The molecule has 10 heteroatoms. The molecule has 1 aromatic heterocycles. The van der Waals surface area contributed by atoms with Crippen molar-refractivity contribution >= 4 is 0 Å². The Morgan fingerprint density at radius 1 is 0.905 bits per heavy atom. The Hall–Kier alpha value is -4.22. The van der Waals surface area contributed by atoms with Crippen molar-refractivity contribution in [3.63, 3.8) is 0 Å². The first-order chi connectivity index (χ1) is 20.3. The van der Waals surface area contributed by atoms with Gasteiger partial charge in [-0.05, 0) is 47.9 Å². The van der Waals surface area contributed by atoms with Crippen LogP contribution in [-0.4, -0.2) is 59.4 Å². The number of nitrogens with zero attached hydrogens (tertiary/aromatic N) is 1. The molecule has 2 bridgehead atoms. The number of fused-ring (bicyclic) bond motifs is 2. The van der Waals surface area contributed by atoms with Gasteiger partial charge in [-0.3, -0.25) is 14.3 Å². The highest BCUT2D eigenvalue weighted by molar-refractivity contribution is 5.50. The molecule has 2 N–H and O–H groups in total. The predicted molar refractivity (Wildman–Crippen MR) is 153 cm³/mol. The number of aliphatic hydroxyl groups excluding tert-OH is 1. The number of aromatic nitrogens is 2. The van der Waals surface area contributed by atoms with Gasteiger partial charge in [-0.25, -0.2) is 4.79 Å². The van der Waals surface area contributed by atoms with E-state index in [1.165, 1.54) is 16.8 Å². The molecule has 0 saturated carbocycles. The van der Waals surface area contributed by atoms with Gasteiger partial charge in [0.25, 0.3) is 5.56 Å². The van der Waals surface area contributed by atoms with Crippen molar-refractivity contribution in [3.05, 3.63) is 129 Å². The summed E-state index contributed by atoms with van der Waals surface area (Å²) in [4.78, 5) is 26.5. The molecule has 2 aliphatic heterocycles. The zero-order valence-corrected chi connectivity index (χ0v) is 23.4. The summed E-state index contributed by atoms with van der Waals surface area (Å²) < 4.78 is 31.7. The standard InChI is InChI=1S/C32H32N2O8/c1-20(31-19-40-27(28(31)36)29(42-31)34-18-17-26(35)33-30(34)37)41-32(21-7-5-4-6-8-21,22-9-13-24(38-2)14-10-22)23-11-15-25(39-3)16-12-23/h4-18,20,27-29,36H,19H2,1-3H3,(H,33,35,37)/t20-,27-,28+,29-,31-/m1/s1. The Labute approximate surface area is 242 Å². The maximum atomic E-state index is 12.6. The minimum Gasteiger partial charge on any atom is -0.497 e. The lowest BCUT2D eigenvalue weighted by atomic mass is 9.79. The molecule has 0 amide bonds. The van der Waals surface area contributed by atoms with Crippen LogP contribution in [0, 0.1) is 0 Å². The van der Waals surface area contributed by atoms with Crippen LogP contribution in [0.4, 0.5) is 0 Å². The number of aromatic amines is 1. The van der Waals surface area contributed by atoms with Gasteiger partial charge >= 0.3 is 5.69 Å². The van der Waals surface area contributed by atoms with E-state index in [1.807, 2.05) is 85.8 Å². The summed E-state index contributed by atoms with van der Waals surface area (Å²) in [5, 5.41) is 11.5. The van der Waals surface area contributed by atoms with E-state index in [4.69, 9.17) is 23.7 Å². The SMILES string of the molecule is COc1ccc(C(O[C@H](C)[C@@]23CO[C@@H]([C@H](n4ccc(=O)[nH]c4=O)O2)[C@@H]3O)(c2ccccc2)c2ccc(OC)cc2)cc1. The second-order valence-electron chi connectivity index (χ2n) is 10.5. The largest absolute Gasteiger partial charge is 0.497 e. The molecule has 42 heavy (non-hydrogen) atoms. The van der Waals surface area contributed by atoms with Gasteiger partial charge < -0.3 is 28.8 Å². The summed E-state index contributed by atoms with van der Waals surface area (Å²) in [7, 11) is 3.22. The Bertz CT molecular complexity index is 1600. The second-order valence-corrected chi connectivity index (χ2v) is 10.5. The van der Waals surface area contributed by atoms with Crippen LogP contribution in [0.3, 0.4) is 0 Å². The smallest absolute Gasteiger partial charge is 0.330 e. The molecule has 0 unspecified atom stereocenters. The monoisotopic (exact) mass is 572 g/mol. The van der Waals surface area contributed by atoms with Gasteiger partial charge in [-0.2, -0.15) is 0 Å². The average molecular weight is 573 g/mol. The number of nitrogens with one attached hydrogen (secondary N) is 1. The molecule has 3 heterocycles. The lowest BCUT2D eigenvalue weighted by Gasteiger charge is -2.43. The highest BCUT2D eigenvalue weighted by Gasteiger charge is 2.65. The third-order valence-electron chi connectivity index (χ3n) is 8.27. The van der Waals surface area contributed by atoms with Crippen LogP contribution in [0.25, 0.3) is 0 Å². The van der Waals surface area contributed by atoms with Gasteiger partial charge in [0.2, 0.25) is 0 Å². The predicted octanol–water partition coefficient (Wildman–Crippen LogP) is 2.98. The number of ether oxygens (including phenoxy) is 5. The van der Waals surface area contributed by atoms with Crippen molar-refractivity contribution in [1.82, 2.24) is 9.55 Å². The van der Waals surface area contributed by atoms with Crippen LogP contribution >= 0.6 is 0 Å². The van der Waals surface area contributed by atoms with Crippen molar-refractivity contribution < 1.29 is 28.8 Å². The van der Waals surface area contributed by atoms with Crippen LogP contribution in [0.1, 0.15) is 29.8 Å². The van der Waals surface area contributed by atoms with Crippen molar-refractivity contribution in [1.29, 1.82) is 0 Å². The molecular weight excluding hydrogens is 540 g/mol. The van der Waals surface area contributed by atoms with Gasteiger partial charge in [0, 0.05) is 12.3 Å². The minimum absolute atomic E-state index is 0.0463. The maximum absolute atomic E-state index is 12.6. The molecule has 6 rings (SSSR count). The summed E-state index contributed by atoms with van der Waals surface area (Å²) in [6, 6.07) is 26.3. The molecule has 3 aromatic carbocycles. The Morgan fingerprint density at radius 3 is 2.02 bits per heavy atom. The molecule has 2 fully saturated rings. The van der Waals surface area contributed by atoms with Crippen LogP contribution in [0.5, 0.6) is 11.5 Å². The second kappa shape index (κ2) is 10.9. The van der Waals surface area contributed by atoms with Crippen LogP contribution < -0.4 is 20.7 Å². The lowest BCUT2D eigenvalue weighted by molar-refractivity contribution is -0.230. The third-order valence-corrected chi connectivity index (χ3v) is 8.27. The molecule has 2 aliphatic rings. The van der Waals surface area contributed by atoms with E-state index in [9.17, 15) is 14.7 Å². The number of hydrogen-bond acceptors (Lipinski definition) is 8. The first-order valence-corrected chi connectivity index (χ1v) is 13.6. The van der Waals surface area contributed by atoms with Gasteiger partial charge in [0.05, 0.1) is 26.9 Å². The zero-order valence-electron chi connectivity index (χ0n) is 23.4. The molecule has 4 aromatic rings. The van der Waals surface area contributed by atoms with E-state index in [2.05, 4.69) is 4.98 Å². The van der Waals surface area contributed by atoms with Crippen molar-refractivity contribution in [2.45, 2.75) is 42.7 Å². The maximum Gasteiger partial charge on any atom is 0.330 e. The minimum atomic E-state index is -1.32. The van der Waals surface area contributed by atoms with Crippen LogP contribution in [0.2, 0.25) is 0 Å². The van der Waals surface area contributed by atoms with Gasteiger partial charge in [-0.15, -0.1) is 0 Å². The van der Waals surface area contributed by atoms with Gasteiger partial charge in [-0.1, -0.05) is 54.6 Å². The van der Waals surface area contributed by atoms with E-state index < -0.39 is 47.0 Å². The summed E-state index contributed by atoms with van der Waals surface area (Å²) >= 11 is 0. The number of H-pyrrole nitrogens is 1. The summed E-state index contributed by atoms with van der Waals surface area (Å²) in [6.07, 6.45) is -2.34. The van der Waals surface area contributed by atoms with Crippen molar-refractivity contribution in [2.24, 2.45) is 0 Å². The number of benzene rings is 3. The Kier molecular flexibility index (Phi) is 7.24. The Balaban J connectivity index is 1.47. The molecule has 2 saturated heterocycles. The van der Waals surface area contributed by atoms with Gasteiger partial charge in [0.1, 0.15) is 34.9 Å². The molecule has 5 atom stereocenters. The summed E-state index contributed by atoms with van der Waals surface area (Å²) in [5.41, 5.74) is -1.18. The highest BCUT2D eigenvalue weighted by Crippen LogP contribution is 2.50. The number of hydrogen-bond donors (Lipinski definition) is 2. The fourth-order valence-corrected chi connectivity index (χ4v) is 6.00.